The average Bonchev–Trinajstić information content (AvgIpc) is 3.35. The van der Waals surface area contributed by atoms with E-state index in [1.54, 1.807) is 6.92 Å². The number of aliphatic carboxylic acids is 4. The number of aromatic nitrogens is 2. The summed E-state index contributed by atoms with van der Waals surface area (Å²) in [6, 6.07) is 43.4. The van der Waals surface area contributed by atoms with Crippen LogP contribution in [0.15, 0.2) is 133 Å². The third kappa shape index (κ3) is 14.6. The van der Waals surface area contributed by atoms with Gasteiger partial charge >= 0.3 is 47.5 Å². The van der Waals surface area contributed by atoms with E-state index in [1.807, 2.05) is 140 Å². The third-order valence-electron chi connectivity index (χ3n) is 11.9. The van der Waals surface area contributed by atoms with E-state index in [-0.39, 0.29) is 49.0 Å². The van der Waals surface area contributed by atoms with Crippen LogP contribution in [-0.4, -0.2) is 68.4 Å². The summed E-state index contributed by atoms with van der Waals surface area (Å²) in [5, 5.41) is 56.2. The van der Waals surface area contributed by atoms with Crippen LogP contribution in [-0.2, 0) is 36.9 Å². The van der Waals surface area contributed by atoms with E-state index in [0.717, 1.165) is 88.9 Å². The molecule has 72 heavy (non-hydrogen) atoms. The number of nitrogens with zero attached hydrogens (tertiary/aromatic N) is 2. The molecule has 0 amide bonds. The van der Waals surface area contributed by atoms with Crippen molar-refractivity contribution < 1.29 is 73.9 Å². The first-order chi connectivity index (χ1) is 34.4. The fourth-order valence-corrected chi connectivity index (χ4v) is 8.36. The number of benzene rings is 6. The Hall–Kier alpha value is -7.30. The zero-order valence-corrected chi connectivity index (χ0v) is 42.6. The molecule has 8 aromatic rings. The Morgan fingerprint density at radius 2 is 0.972 bits per heavy atom. The van der Waals surface area contributed by atoms with Crippen LogP contribution >= 0.6 is 0 Å². The van der Waals surface area contributed by atoms with Crippen molar-refractivity contribution in [2.24, 2.45) is 5.92 Å². The van der Waals surface area contributed by atoms with Crippen molar-refractivity contribution in [2.75, 3.05) is 34.4 Å². The number of nitrogens with one attached hydrogen (secondary N) is 4. The third-order valence-corrected chi connectivity index (χ3v) is 11.9. The second-order valence-corrected chi connectivity index (χ2v) is 17.1. The summed E-state index contributed by atoms with van der Waals surface area (Å²) >= 11 is 0. The number of carboxylic acids is 4. The van der Waals surface area contributed by atoms with Crippen molar-refractivity contribution in [3.63, 3.8) is 0 Å². The first kappa shape index (κ1) is 54.0. The van der Waals surface area contributed by atoms with Gasteiger partial charge in [0.1, 0.15) is 0 Å². The molecule has 2 heterocycles. The van der Waals surface area contributed by atoms with Crippen LogP contribution in [0.2, 0.25) is 0 Å². The Bertz CT molecular complexity index is 3080. The van der Waals surface area contributed by atoms with Crippen molar-refractivity contribution in [1.29, 1.82) is 0 Å². The van der Waals surface area contributed by atoms with Gasteiger partial charge in [0.15, 0.2) is 6.10 Å². The summed E-state index contributed by atoms with van der Waals surface area (Å²) in [6.07, 6.45) is 1.37. The van der Waals surface area contributed by atoms with E-state index in [2.05, 4.69) is 21.3 Å². The molecule has 6 aromatic carbocycles. The van der Waals surface area contributed by atoms with E-state index >= 15 is 0 Å². The van der Waals surface area contributed by atoms with Gasteiger partial charge in [-0.3, -0.25) is 9.59 Å². The van der Waals surface area contributed by atoms with Gasteiger partial charge in [-0.25, -0.2) is 14.8 Å². The average molecular weight is 981 g/mol. The van der Waals surface area contributed by atoms with Crippen LogP contribution in [0.5, 0.6) is 0 Å². The van der Waals surface area contributed by atoms with Crippen molar-refractivity contribution in [3.05, 3.63) is 145 Å². The number of hydrogen-bond acceptors (Lipinski definition) is 12. The van der Waals surface area contributed by atoms with Gasteiger partial charge in [0.25, 0.3) is 0 Å². The summed E-state index contributed by atoms with van der Waals surface area (Å²) in [4.78, 5) is 54.2. The molecule has 0 aliphatic rings. The molecule has 366 valence electrons. The van der Waals surface area contributed by atoms with Crippen molar-refractivity contribution in [1.82, 2.24) is 9.97 Å². The van der Waals surface area contributed by atoms with Gasteiger partial charge in [-0.15, -0.1) is 0 Å². The Labute approximate surface area is 439 Å². The maximum Gasteiger partial charge on any atom is 1.00 e. The van der Waals surface area contributed by atoms with Gasteiger partial charge in [-0.1, -0.05) is 86.6 Å². The number of carbonyl (C=O) groups excluding carboxylic acids is 1. The second-order valence-electron chi connectivity index (χ2n) is 17.1. The van der Waals surface area contributed by atoms with E-state index in [9.17, 15) is 34.5 Å². The quantitative estimate of drug-likeness (QED) is 0.0187. The monoisotopic (exact) mass is 980 g/mol. The fourth-order valence-electron chi connectivity index (χ4n) is 8.36. The van der Waals surface area contributed by atoms with Crippen LogP contribution in [0.4, 0.5) is 34.1 Å². The van der Waals surface area contributed by atoms with E-state index < -0.39 is 35.9 Å². The molecule has 0 aliphatic carbocycles. The van der Waals surface area contributed by atoms with Crippen LogP contribution in [0.1, 0.15) is 63.5 Å². The molecule has 15 nitrogen and oxygen atoms in total. The van der Waals surface area contributed by atoms with Gasteiger partial charge < -0.3 is 51.2 Å². The molecule has 16 heteroatoms. The molecule has 0 radical (unpaired) electrons. The molecule has 2 atom stereocenters. The number of carbonyl (C=O) groups is 4. The van der Waals surface area contributed by atoms with Gasteiger partial charge in [0, 0.05) is 69.8 Å². The molecule has 0 fully saturated rings. The first-order valence-corrected chi connectivity index (χ1v) is 23.7. The molecule has 8 rings (SSSR count). The SMILES string of the molecule is CCC(Cc1cc(NCCCC(=O)O)cc(Nc2c3ccccc3nc3ccccc23)c1)C(=O)O.CCC(OCc1cc(NCCCC(=O)[O-])cc(Nc2c3ccccc3nc3ccccc23)c1)C(=O)O.[Na+]. The van der Waals surface area contributed by atoms with Gasteiger partial charge in [0.2, 0.25) is 0 Å². The molecule has 2 aromatic heterocycles. The number of hydrogen-bond donors (Lipinski definition) is 7. The number of carboxylic acid groups (broad SMARTS) is 4. The molecule has 7 N–H and O–H groups in total. The normalized spacial score (nSPS) is 11.8. The Kier molecular flexibility index (Phi) is 19.7. The number of rotatable bonds is 23. The second kappa shape index (κ2) is 26.2. The Balaban J connectivity index is 0.000000232. The standard InChI is InChI=1S/C28H29N3O5.C28H29N3O4.Na/c1-2-25(28(34)35)36-17-18-14-19(29-13-7-12-26(32)33)16-20(15-18)30-27-21-8-3-5-10-23(21)31-24-11-6-4-9-22(24)27;1-2-19(28(34)35)14-18-15-20(29-13-7-12-26(32)33)17-21(16-18)30-27-22-8-3-5-10-24(22)31-25-11-6-4-9-23(25)27;/h3-6,8-11,14-16,25,29H,2,7,12-13,17H2,1H3,(H,30,31)(H,32,33)(H,34,35);3-6,8-11,15-17,19,29H,2,7,12-14H2,1H3,(H,30,31)(H,32,33)(H,34,35);/q;;+1/p-1. The van der Waals surface area contributed by atoms with E-state index in [0.29, 0.717) is 45.2 Å². The van der Waals surface area contributed by atoms with E-state index in [4.69, 9.17) is 19.8 Å². The minimum absolute atomic E-state index is 0. The zero-order chi connectivity index (χ0) is 50.3. The predicted octanol–water partition coefficient (Wildman–Crippen LogP) is 7.52. The first-order valence-electron chi connectivity index (χ1n) is 23.7. The summed E-state index contributed by atoms with van der Waals surface area (Å²) in [5.74, 6) is -4.20. The van der Waals surface area contributed by atoms with Crippen LogP contribution in [0.3, 0.4) is 0 Å². The van der Waals surface area contributed by atoms with Crippen LogP contribution in [0.25, 0.3) is 43.6 Å². The number of anilines is 6. The summed E-state index contributed by atoms with van der Waals surface area (Å²) in [5.41, 5.74) is 10.2. The molecule has 0 spiro atoms. The molecule has 0 saturated carbocycles. The molecular formula is C56H57N6NaO9. The summed E-state index contributed by atoms with van der Waals surface area (Å²) < 4.78 is 5.65. The minimum Gasteiger partial charge on any atom is -0.550 e. The number of para-hydroxylation sites is 4. The van der Waals surface area contributed by atoms with E-state index in [1.165, 1.54) is 0 Å². The van der Waals surface area contributed by atoms with Gasteiger partial charge in [-0.05, 0) is 110 Å². The van der Waals surface area contributed by atoms with Gasteiger partial charge in [0.05, 0.1) is 46.0 Å². The maximum atomic E-state index is 11.7. The van der Waals surface area contributed by atoms with Crippen molar-refractivity contribution >= 4 is 102 Å². The molecule has 0 saturated heterocycles. The minimum atomic E-state index is -1.09. The molecule has 2 unspecified atom stereocenters. The number of ether oxygens (including phenoxy) is 1. The summed E-state index contributed by atoms with van der Waals surface area (Å²) in [6.45, 7) is 4.71. The Morgan fingerprint density at radius 1 is 0.556 bits per heavy atom. The summed E-state index contributed by atoms with van der Waals surface area (Å²) in [7, 11) is 0. The Morgan fingerprint density at radius 3 is 1.38 bits per heavy atom. The van der Waals surface area contributed by atoms with Crippen molar-refractivity contribution in [3.8, 4) is 0 Å². The predicted molar refractivity (Wildman–Crippen MR) is 278 cm³/mol. The van der Waals surface area contributed by atoms with Crippen LogP contribution in [0, 0.1) is 5.92 Å². The topological polar surface area (TPSA) is 235 Å². The fraction of sp³-hybridized carbons (Fsp3) is 0.250. The molecule has 0 aliphatic heterocycles. The van der Waals surface area contributed by atoms with Gasteiger partial charge in [-0.2, -0.15) is 0 Å². The molecular weight excluding hydrogens is 924 g/mol. The molecule has 0 bridgehead atoms. The number of fused-ring (bicyclic) bond motifs is 4. The smallest absolute Gasteiger partial charge is 0.550 e. The number of pyridine rings is 2. The van der Waals surface area contributed by atoms with Crippen LogP contribution < -0.4 is 55.9 Å². The van der Waals surface area contributed by atoms with Crippen molar-refractivity contribution in [2.45, 2.75) is 71.5 Å². The zero-order valence-electron chi connectivity index (χ0n) is 40.6. The maximum absolute atomic E-state index is 11.7. The largest absolute Gasteiger partial charge is 1.00 e.